The quantitative estimate of drug-likeness (QED) is 0.903. The van der Waals surface area contributed by atoms with Crippen molar-refractivity contribution < 1.29 is 0 Å². The zero-order chi connectivity index (χ0) is 13.1. The molecule has 0 aromatic carbocycles. The van der Waals surface area contributed by atoms with E-state index in [1.165, 1.54) is 50.9 Å². The predicted molar refractivity (Wildman–Crippen MR) is 78.0 cm³/mol. The SMILES string of the molecule is Cc1ccc(CN2CCC(C3CCCN3)CC2)cn1. The second-order valence-electron chi connectivity index (χ2n) is 6.12. The lowest BCUT2D eigenvalue weighted by Gasteiger charge is -2.34. The molecule has 1 atom stereocenters. The number of hydrogen-bond acceptors (Lipinski definition) is 3. The summed E-state index contributed by atoms with van der Waals surface area (Å²) in [5.74, 6) is 0.912. The predicted octanol–water partition coefficient (Wildman–Crippen LogP) is 2.35. The van der Waals surface area contributed by atoms with Crippen molar-refractivity contribution in [2.75, 3.05) is 19.6 Å². The minimum atomic E-state index is 0.809. The van der Waals surface area contributed by atoms with Crippen LogP contribution in [0.2, 0.25) is 0 Å². The van der Waals surface area contributed by atoms with Crippen LogP contribution in [-0.4, -0.2) is 35.6 Å². The first-order valence-electron chi connectivity index (χ1n) is 7.68. The molecule has 0 spiro atoms. The third kappa shape index (κ3) is 3.34. The maximum Gasteiger partial charge on any atom is 0.0372 e. The first kappa shape index (κ1) is 13.1. The molecule has 3 heteroatoms. The number of aryl methyl sites for hydroxylation is 1. The number of nitrogens with one attached hydrogen (secondary N) is 1. The second-order valence-corrected chi connectivity index (χ2v) is 6.12. The zero-order valence-electron chi connectivity index (χ0n) is 11.9. The fraction of sp³-hybridized carbons (Fsp3) is 0.688. The summed E-state index contributed by atoms with van der Waals surface area (Å²) in [4.78, 5) is 6.97. The lowest BCUT2D eigenvalue weighted by atomic mass is 9.88. The van der Waals surface area contributed by atoms with E-state index in [1.807, 2.05) is 13.1 Å². The van der Waals surface area contributed by atoms with Crippen molar-refractivity contribution in [3.05, 3.63) is 29.6 Å². The van der Waals surface area contributed by atoms with Crippen molar-refractivity contribution in [2.45, 2.75) is 45.2 Å². The molecule has 2 saturated heterocycles. The van der Waals surface area contributed by atoms with Gasteiger partial charge in [-0.2, -0.15) is 0 Å². The summed E-state index contributed by atoms with van der Waals surface area (Å²) >= 11 is 0. The molecule has 3 nitrogen and oxygen atoms in total. The number of aromatic nitrogens is 1. The van der Waals surface area contributed by atoms with Crippen molar-refractivity contribution in [3.8, 4) is 0 Å². The molecule has 1 aromatic rings. The molecule has 1 unspecified atom stereocenters. The molecule has 1 N–H and O–H groups in total. The van der Waals surface area contributed by atoms with Crippen LogP contribution in [0, 0.1) is 12.8 Å². The summed E-state index contributed by atoms with van der Waals surface area (Å²) in [5.41, 5.74) is 2.46. The Hall–Kier alpha value is -0.930. The van der Waals surface area contributed by atoms with Crippen LogP contribution in [0.15, 0.2) is 18.3 Å². The van der Waals surface area contributed by atoms with Gasteiger partial charge in [0.1, 0.15) is 0 Å². The first-order valence-corrected chi connectivity index (χ1v) is 7.68. The van der Waals surface area contributed by atoms with E-state index >= 15 is 0 Å². The molecule has 0 bridgehead atoms. The van der Waals surface area contributed by atoms with Crippen molar-refractivity contribution in [1.82, 2.24) is 15.2 Å². The van der Waals surface area contributed by atoms with Crippen LogP contribution in [0.5, 0.6) is 0 Å². The Kier molecular flexibility index (Phi) is 4.14. The standard InChI is InChI=1S/C16H25N3/c1-13-4-5-14(11-18-13)12-19-9-6-15(7-10-19)16-3-2-8-17-16/h4-5,11,15-17H,2-3,6-10,12H2,1H3. The topological polar surface area (TPSA) is 28.2 Å². The van der Waals surface area contributed by atoms with Gasteiger partial charge in [-0.1, -0.05) is 6.07 Å². The van der Waals surface area contributed by atoms with Gasteiger partial charge in [-0.15, -0.1) is 0 Å². The van der Waals surface area contributed by atoms with Crippen molar-refractivity contribution in [3.63, 3.8) is 0 Å². The summed E-state index contributed by atoms with van der Waals surface area (Å²) in [6.45, 7) is 6.84. The molecular weight excluding hydrogens is 234 g/mol. The van der Waals surface area contributed by atoms with E-state index in [-0.39, 0.29) is 0 Å². The number of hydrogen-bond donors (Lipinski definition) is 1. The molecule has 0 amide bonds. The van der Waals surface area contributed by atoms with E-state index < -0.39 is 0 Å². The van der Waals surface area contributed by atoms with Crippen LogP contribution in [-0.2, 0) is 6.54 Å². The number of rotatable bonds is 3. The highest BCUT2D eigenvalue weighted by molar-refractivity contribution is 5.13. The highest BCUT2D eigenvalue weighted by Crippen LogP contribution is 2.26. The van der Waals surface area contributed by atoms with Crippen molar-refractivity contribution >= 4 is 0 Å². The van der Waals surface area contributed by atoms with Gasteiger partial charge in [-0.25, -0.2) is 0 Å². The minimum absolute atomic E-state index is 0.809. The lowest BCUT2D eigenvalue weighted by molar-refractivity contribution is 0.157. The molecule has 2 aliphatic rings. The molecule has 0 aliphatic carbocycles. The normalized spacial score (nSPS) is 25.8. The van der Waals surface area contributed by atoms with Gasteiger partial charge in [-0.05, 0) is 69.8 Å². The molecule has 1 aromatic heterocycles. The monoisotopic (exact) mass is 259 g/mol. The van der Waals surface area contributed by atoms with E-state index in [0.29, 0.717) is 0 Å². The lowest BCUT2D eigenvalue weighted by Crippen LogP contribution is -2.40. The Morgan fingerprint density at radius 1 is 1.26 bits per heavy atom. The Bertz CT molecular complexity index is 387. The third-order valence-electron chi connectivity index (χ3n) is 4.68. The van der Waals surface area contributed by atoms with Crippen LogP contribution in [0.1, 0.15) is 36.9 Å². The van der Waals surface area contributed by atoms with E-state index in [4.69, 9.17) is 0 Å². The number of piperidine rings is 1. The van der Waals surface area contributed by atoms with Crippen LogP contribution in [0.3, 0.4) is 0 Å². The van der Waals surface area contributed by atoms with Crippen LogP contribution in [0.25, 0.3) is 0 Å². The molecule has 3 heterocycles. The molecule has 0 radical (unpaired) electrons. The summed E-state index contributed by atoms with van der Waals surface area (Å²) in [6.07, 6.45) is 7.51. The summed E-state index contributed by atoms with van der Waals surface area (Å²) in [7, 11) is 0. The van der Waals surface area contributed by atoms with Gasteiger partial charge >= 0.3 is 0 Å². The van der Waals surface area contributed by atoms with Crippen LogP contribution >= 0.6 is 0 Å². The maximum atomic E-state index is 4.39. The Labute approximate surface area is 116 Å². The molecule has 104 valence electrons. The molecular formula is C16H25N3. The fourth-order valence-electron chi connectivity index (χ4n) is 3.48. The molecule has 2 fully saturated rings. The molecule has 19 heavy (non-hydrogen) atoms. The van der Waals surface area contributed by atoms with Gasteiger partial charge < -0.3 is 5.32 Å². The summed E-state index contributed by atoms with van der Waals surface area (Å²) in [6, 6.07) is 5.14. The van der Waals surface area contributed by atoms with Crippen molar-refractivity contribution in [2.24, 2.45) is 5.92 Å². The third-order valence-corrected chi connectivity index (χ3v) is 4.68. The molecule has 0 saturated carbocycles. The Balaban J connectivity index is 1.48. The van der Waals surface area contributed by atoms with Gasteiger partial charge in [0.05, 0.1) is 0 Å². The van der Waals surface area contributed by atoms with Crippen molar-refractivity contribution in [1.29, 1.82) is 0 Å². The molecule has 2 aliphatic heterocycles. The highest BCUT2D eigenvalue weighted by atomic mass is 15.1. The van der Waals surface area contributed by atoms with Crippen LogP contribution in [0.4, 0.5) is 0 Å². The fourth-order valence-corrected chi connectivity index (χ4v) is 3.48. The first-order chi connectivity index (χ1) is 9.31. The average molecular weight is 259 g/mol. The zero-order valence-corrected chi connectivity index (χ0v) is 11.9. The maximum absolute atomic E-state index is 4.39. The summed E-state index contributed by atoms with van der Waals surface area (Å²) < 4.78 is 0. The number of likely N-dealkylation sites (tertiary alicyclic amines) is 1. The number of pyridine rings is 1. The number of nitrogens with zero attached hydrogens (tertiary/aromatic N) is 2. The Morgan fingerprint density at radius 3 is 2.74 bits per heavy atom. The van der Waals surface area contributed by atoms with Gasteiger partial charge in [0.25, 0.3) is 0 Å². The van der Waals surface area contributed by atoms with Gasteiger partial charge in [0, 0.05) is 24.5 Å². The smallest absolute Gasteiger partial charge is 0.0372 e. The van der Waals surface area contributed by atoms with E-state index in [2.05, 4.69) is 27.3 Å². The highest BCUT2D eigenvalue weighted by Gasteiger charge is 2.28. The van der Waals surface area contributed by atoms with Crippen LogP contribution < -0.4 is 5.32 Å². The minimum Gasteiger partial charge on any atom is -0.314 e. The van der Waals surface area contributed by atoms with E-state index in [9.17, 15) is 0 Å². The summed E-state index contributed by atoms with van der Waals surface area (Å²) in [5, 5.41) is 3.67. The largest absolute Gasteiger partial charge is 0.314 e. The van der Waals surface area contributed by atoms with E-state index in [0.717, 1.165) is 24.2 Å². The average Bonchev–Trinajstić information content (AvgIpc) is 2.96. The molecule has 3 rings (SSSR count). The van der Waals surface area contributed by atoms with Gasteiger partial charge in [-0.3, -0.25) is 9.88 Å². The second kappa shape index (κ2) is 6.02. The Morgan fingerprint density at radius 2 is 2.11 bits per heavy atom. The van der Waals surface area contributed by atoms with Gasteiger partial charge in [0.15, 0.2) is 0 Å². The van der Waals surface area contributed by atoms with Gasteiger partial charge in [0.2, 0.25) is 0 Å². The van der Waals surface area contributed by atoms with E-state index in [1.54, 1.807) is 0 Å².